The van der Waals surface area contributed by atoms with Gasteiger partial charge in [0.25, 0.3) is 5.56 Å². The van der Waals surface area contributed by atoms with Gasteiger partial charge in [0.2, 0.25) is 11.8 Å². The summed E-state index contributed by atoms with van der Waals surface area (Å²) in [7, 11) is 0. The minimum Gasteiger partial charge on any atom is -0.480 e. The third-order valence-corrected chi connectivity index (χ3v) is 6.68. The fraction of sp³-hybridized carbons (Fsp3) is 0.233. The number of carbonyl (C=O) groups is 3. The predicted octanol–water partition coefficient (Wildman–Crippen LogP) is 1.15. The van der Waals surface area contributed by atoms with Gasteiger partial charge in [0, 0.05) is 12.8 Å². The van der Waals surface area contributed by atoms with E-state index in [0.29, 0.717) is 16.6 Å². The van der Waals surface area contributed by atoms with Crippen molar-refractivity contribution in [1.29, 1.82) is 0 Å². The first-order valence-electron chi connectivity index (χ1n) is 13.0. The van der Waals surface area contributed by atoms with Crippen LogP contribution in [0.5, 0.6) is 0 Å². The summed E-state index contributed by atoms with van der Waals surface area (Å²) < 4.78 is 0.831. The molecule has 0 fully saturated rings. The Labute approximate surface area is 234 Å². The average molecular weight is 559 g/mol. The lowest BCUT2D eigenvalue weighted by Gasteiger charge is -2.25. The number of aliphatic hydroxyl groups is 1. The zero-order valence-electron chi connectivity index (χ0n) is 22.2. The topological polar surface area (TPSA) is 171 Å². The van der Waals surface area contributed by atoms with Crippen LogP contribution in [0, 0.1) is 0 Å². The van der Waals surface area contributed by atoms with Crippen LogP contribution in [0.4, 0.5) is 0 Å². The van der Waals surface area contributed by atoms with Gasteiger partial charge in [-0.15, -0.1) is 0 Å². The van der Waals surface area contributed by atoms with Crippen LogP contribution >= 0.6 is 0 Å². The fourth-order valence-electron chi connectivity index (χ4n) is 4.57. The van der Waals surface area contributed by atoms with Gasteiger partial charge in [-0.1, -0.05) is 72.8 Å². The second-order valence-corrected chi connectivity index (χ2v) is 9.67. The first-order chi connectivity index (χ1) is 19.7. The molecule has 212 valence electrons. The Hall–Kier alpha value is -5.03. The number of carboxylic acid groups (broad SMARTS) is 1. The Morgan fingerprint density at radius 1 is 0.805 bits per heavy atom. The summed E-state index contributed by atoms with van der Waals surface area (Å²) in [6.07, 6.45) is -1.48. The molecule has 0 bridgehead atoms. The number of aromatic nitrogens is 2. The SMILES string of the molecule is CC(O)C(NC(=O)C(Cc1ccccc1)NC(=O)C(Cc1ccccc1)n1c(=O)[nH]c2ccccc2c1=O)C(=O)O. The van der Waals surface area contributed by atoms with E-state index in [1.807, 2.05) is 0 Å². The van der Waals surface area contributed by atoms with Gasteiger partial charge >= 0.3 is 11.7 Å². The summed E-state index contributed by atoms with van der Waals surface area (Å²) >= 11 is 0. The van der Waals surface area contributed by atoms with Gasteiger partial charge in [-0.05, 0) is 30.2 Å². The maximum atomic E-state index is 13.9. The van der Waals surface area contributed by atoms with Crippen LogP contribution < -0.4 is 21.9 Å². The molecule has 11 nitrogen and oxygen atoms in total. The molecule has 0 aliphatic heterocycles. The van der Waals surface area contributed by atoms with Crippen LogP contribution in [0.15, 0.2) is 94.5 Å². The summed E-state index contributed by atoms with van der Waals surface area (Å²) in [5.41, 5.74) is 0.170. The van der Waals surface area contributed by atoms with Crippen molar-refractivity contribution < 1.29 is 24.6 Å². The van der Waals surface area contributed by atoms with Gasteiger partial charge in [0.15, 0.2) is 6.04 Å². The largest absolute Gasteiger partial charge is 0.480 e. The zero-order chi connectivity index (χ0) is 29.5. The van der Waals surface area contributed by atoms with Crippen molar-refractivity contribution in [1.82, 2.24) is 20.2 Å². The van der Waals surface area contributed by atoms with Crippen LogP contribution in [0.2, 0.25) is 0 Å². The number of benzene rings is 3. The van der Waals surface area contributed by atoms with E-state index in [0.717, 1.165) is 4.57 Å². The molecule has 11 heteroatoms. The summed E-state index contributed by atoms with van der Waals surface area (Å²) in [5, 5.41) is 24.4. The highest BCUT2D eigenvalue weighted by molar-refractivity contribution is 5.92. The molecule has 1 heterocycles. The number of rotatable bonds is 11. The number of aromatic amines is 1. The highest BCUT2D eigenvalue weighted by atomic mass is 16.4. The molecule has 0 aliphatic carbocycles. The Morgan fingerprint density at radius 2 is 1.37 bits per heavy atom. The Kier molecular flexibility index (Phi) is 9.10. The molecule has 4 unspecified atom stereocenters. The number of aliphatic carboxylic acids is 1. The molecule has 1 aromatic heterocycles. The Balaban J connectivity index is 1.74. The lowest BCUT2D eigenvalue weighted by Crippen LogP contribution is -2.57. The second-order valence-electron chi connectivity index (χ2n) is 9.67. The van der Waals surface area contributed by atoms with Crippen molar-refractivity contribution in [2.75, 3.05) is 0 Å². The summed E-state index contributed by atoms with van der Waals surface area (Å²) in [5.74, 6) is -3.10. The van der Waals surface area contributed by atoms with Crippen molar-refractivity contribution in [2.45, 2.75) is 44.0 Å². The third-order valence-electron chi connectivity index (χ3n) is 6.68. The van der Waals surface area contributed by atoms with E-state index >= 15 is 0 Å². The van der Waals surface area contributed by atoms with Crippen LogP contribution in [0.1, 0.15) is 24.1 Å². The second kappa shape index (κ2) is 12.9. The van der Waals surface area contributed by atoms with Gasteiger partial charge in [-0.3, -0.25) is 14.4 Å². The first kappa shape index (κ1) is 29.0. The van der Waals surface area contributed by atoms with Crippen molar-refractivity contribution in [2.24, 2.45) is 0 Å². The molecule has 0 radical (unpaired) electrons. The lowest BCUT2D eigenvalue weighted by molar-refractivity contribution is -0.145. The van der Waals surface area contributed by atoms with Crippen molar-refractivity contribution in [3.8, 4) is 0 Å². The number of nitrogens with zero attached hydrogens (tertiary/aromatic N) is 1. The normalized spacial score (nSPS) is 14.0. The number of fused-ring (bicyclic) bond motifs is 1. The number of amides is 2. The minimum atomic E-state index is -1.62. The smallest absolute Gasteiger partial charge is 0.329 e. The average Bonchev–Trinajstić information content (AvgIpc) is 2.95. The first-order valence-corrected chi connectivity index (χ1v) is 13.0. The molecule has 2 amide bonds. The molecule has 0 saturated carbocycles. The van der Waals surface area contributed by atoms with Crippen molar-refractivity contribution in [3.05, 3.63) is 117 Å². The lowest BCUT2D eigenvalue weighted by atomic mass is 10.0. The molecule has 3 aromatic carbocycles. The molecule has 5 N–H and O–H groups in total. The number of H-pyrrole nitrogens is 1. The monoisotopic (exact) mass is 558 g/mol. The molecular weight excluding hydrogens is 528 g/mol. The molecular formula is C30H30N4O7. The number of hydrogen-bond donors (Lipinski definition) is 5. The van der Waals surface area contributed by atoms with Gasteiger partial charge in [-0.25, -0.2) is 14.2 Å². The van der Waals surface area contributed by atoms with E-state index in [4.69, 9.17) is 0 Å². The molecule has 4 atom stereocenters. The molecule has 0 aliphatic rings. The summed E-state index contributed by atoms with van der Waals surface area (Å²) in [6.45, 7) is 1.22. The maximum absolute atomic E-state index is 13.9. The van der Waals surface area contributed by atoms with E-state index < -0.39 is 53.3 Å². The zero-order valence-corrected chi connectivity index (χ0v) is 22.2. The molecule has 0 saturated heterocycles. The quantitative estimate of drug-likeness (QED) is 0.184. The van der Waals surface area contributed by atoms with Crippen molar-refractivity contribution >= 4 is 28.7 Å². The summed E-state index contributed by atoms with van der Waals surface area (Å²) in [4.78, 5) is 68.1. The molecule has 0 spiro atoms. The highest BCUT2D eigenvalue weighted by Gasteiger charge is 2.32. The van der Waals surface area contributed by atoms with Gasteiger partial charge in [-0.2, -0.15) is 0 Å². The Morgan fingerprint density at radius 3 is 1.95 bits per heavy atom. The number of hydrogen-bond acceptors (Lipinski definition) is 6. The Bertz CT molecular complexity index is 1650. The number of nitrogens with one attached hydrogen (secondary N) is 3. The minimum absolute atomic E-state index is 0.0222. The van der Waals surface area contributed by atoms with Gasteiger partial charge < -0.3 is 25.8 Å². The number of carboxylic acids is 1. The number of aliphatic hydroxyl groups excluding tert-OH is 1. The fourth-order valence-corrected chi connectivity index (χ4v) is 4.57. The van der Waals surface area contributed by atoms with E-state index in [1.54, 1.807) is 78.9 Å². The van der Waals surface area contributed by atoms with Gasteiger partial charge in [0.05, 0.1) is 17.0 Å². The molecule has 4 rings (SSSR count). The standard InChI is InChI=1S/C30H30N4O7/c1-18(35)25(29(39)40)33-26(36)23(16-19-10-4-2-5-11-19)31-27(37)24(17-20-12-6-3-7-13-20)34-28(38)21-14-8-9-15-22(21)32-30(34)41/h2-15,18,23-25,35H,16-17H2,1H3,(H,31,37)(H,32,41)(H,33,36)(H,39,40). The van der Waals surface area contributed by atoms with Crippen LogP contribution in [-0.4, -0.2) is 55.7 Å². The van der Waals surface area contributed by atoms with E-state index in [1.165, 1.54) is 13.0 Å². The predicted molar refractivity (Wildman–Crippen MR) is 151 cm³/mol. The van der Waals surface area contributed by atoms with E-state index in [9.17, 15) is 34.2 Å². The van der Waals surface area contributed by atoms with E-state index in [2.05, 4.69) is 15.6 Å². The highest BCUT2D eigenvalue weighted by Crippen LogP contribution is 2.15. The van der Waals surface area contributed by atoms with Crippen LogP contribution in [-0.2, 0) is 27.2 Å². The number of para-hydroxylation sites is 1. The van der Waals surface area contributed by atoms with Crippen LogP contribution in [0.3, 0.4) is 0 Å². The number of carbonyl (C=O) groups excluding carboxylic acids is 2. The van der Waals surface area contributed by atoms with E-state index in [-0.39, 0.29) is 18.2 Å². The van der Waals surface area contributed by atoms with Crippen LogP contribution in [0.25, 0.3) is 10.9 Å². The third kappa shape index (κ3) is 6.95. The summed E-state index contributed by atoms with van der Waals surface area (Å²) in [6, 6.07) is 19.7. The van der Waals surface area contributed by atoms with Crippen molar-refractivity contribution in [3.63, 3.8) is 0 Å². The maximum Gasteiger partial charge on any atom is 0.329 e. The van der Waals surface area contributed by atoms with Gasteiger partial charge in [0.1, 0.15) is 12.1 Å². The molecule has 41 heavy (non-hydrogen) atoms. The molecule has 4 aromatic rings.